The minimum absolute atomic E-state index is 0.0909. The largest absolute Gasteiger partial charge is 0.509 e. The number of Topliss-reactive ketones (excluding diaryl/α,β-unsaturated/α-hetero) is 2. The number of aliphatic hydroxyl groups excluding tert-OH is 2. The molecule has 42 heavy (non-hydrogen) atoms. The highest BCUT2D eigenvalue weighted by molar-refractivity contribution is 6.25. The Balaban J connectivity index is 1.93. The number of ketones is 2. The zero-order chi connectivity index (χ0) is 31.5. The van der Waals surface area contributed by atoms with E-state index in [0.717, 1.165) is 0 Å². The van der Waals surface area contributed by atoms with Gasteiger partial charge in [-0.2, -0.15) is 5.26 Å². The third-order valence-electron chi connectivity index (χ3n) is 8.20. The molecule has 0 unspecified atom stereocenters. The van der Waals surface area contributed by atoms with Crippen molar-refractivity contribution in [3.05, 3.63) is 45.7 Å². The van der Waals surface area contributed by atoms with E-state index in [-0.39, 0.29) is 36.6 Å². The predicted octanol–water partition coefficient (Wildman–Crippen LogP) is -0.212. The molecule has 3 aliphatic rings. The summed E-state index contributed by atoms with van der Waals surface area (Å²) < 4.78 is 5.14. The van der Waals surface area contributed by atoms with Crippen molar-refractivity contribution in [3.63, 3.8) is 0 Å². The number of nitrogens with two attached hydrogens (primary N) is 3. The predicted molar refractivity (Wildman–Crippen MR) is 147 cm³/mol. The van der Waals surface area contributed by atoms with E-state index in [4.69, 9.17) is 21.9 Å². The molecule has 4 atom stereocenters. The zero-order valence-electron chi connectivity index (χ0n) is 23.6. The molecule has 0 radical (unpaired) electrons. The Hall–Kier alpha value is -4.45. The van der Waals surface area contributed by atoms with Crippen molar-refractivity contribution >= 4 is 29.3 Å². The molecule has 0 heterocycles. The Bertz CT molecular complexity index is 1520. The fraction of sp³-hybridized carbons (Fsp3) is 0.464. The summed E-state index contributed by atoms with van der Waals surface area (Å²) in [4.78, 5) is 53.6. The third-order valence-corrected chi connectivity index (χ3v) is 8.20. The molecule has 1 saturated carbocycles. The molecular formula is C28H34N6O8. The number of carbonyl (C=O) groups excluding carboxylic acids is 4. The van der Waals surface area contributed by atoms with Gasteiger partial charge in [0.2, 0.25) is 0 Å². The number of carbonyl (C=O) groups is 4. The first-order chi connectivity index (χ1) is 19.5. The topological polar surface area (TPSA) is 255 Å². The van der Waals surface area contributed by atoms with Crippen molar-refractivity contribution < 1.29 is 39.2 Å². The molecule has 1 fully saturated rings. The highest BCUT2D eigenvalue weighted by atomic mass is 16.5. The number of primary amides is 1. The number of alkyl carbamates (subject to hydrolysis) is 1. The molecule has 4 rings (SSSR count). The van der Waals surface area contributed by atoms with Gasteiger partial charge in [0.05, 0.1) is 40.9 Å². The molecule has 0 spiro atoms. The summed E-state index contributed by atoms with van der Waals surface area (Å²) >= 11 is 0. The van der Waals surface area contributed by atoms with Crippen LogP contribution < -0.4 is 22.5 Å². The van der Waals surface area contributed by atoms with Crippen LogP contribution in [-0.4, -0.2) is 81.6 Å². The highest BCUT2D eigenvalue weighted by Gasteiger charge is 2.74. The quantitative estimate of drug-likeness (QED) is 0.215. The zero-order valence-corrected chi connectivity index (χ0v) is 23.6. The number of likely N-dealkylation sites (N-methyl/N-ethyl adjacent to an activating group) is 1. The minimum Gasteiger partial charge on any atom is -0.509 e. The first-order valence-corrected chi connectivity index (χ1v) is 13.1. The van der Waals surface area contributed by atoms with Gasteiger partial charge in [0.1, 0.15) is 22.8 Å². The van der Waals surface area contributed by atoms with Crippen LogP contribution in [0.1, 0.15) is 37.0 Å². The minimum atomic E-state index is -2.74. The van der Waals surface area contributed by atoms with E-state index in [1.807, 2.05) is 13.8 Å². The third kappa shape index (κ3) is 4.12. The average Bonchev–Trinajstić information content (AvgIpc) is 2.85. The first-order valence-electron chi connectivity index (χ1n) is 13.1. The number of ether oxygens (including phenoxy) is 1. The number of fused-ring (bicyclic) bond motifs is 3. The lowest BCUT2D eigenvalue weighted by molar-refractivity contribution is -0.139. The number of phenolic OH excluding ortho intramolecular Hbond substituents is 1. The van der Waals surface area contributed by atoms with E-state index >= 15 is 0 Å². The smallest absolute Gasteiger partial charge is 0.407 e. The van der Waals surface area contributed by atoms with Crippen LogP contribution in [0.25, 0.3) is 5.76 Å². The molecule has 14 heteroatoms. The van der Waals surface area contributed by atoms with Crippen molar-refractivity contribution in [2.75, 3.05) is 20.7 Å². The molecule has 14 nitrogen and oxygen atoms in total. The fourth-order valence-electron chi connectivity index (χ4n) is 6.52. The number of aromatic hydroxyl groups is 1. The normalized spacial score (nSPS) is 28.7. The van der Waals surface area contributed by atoms with Crippen LogP contribution in [0.3, 0.4) is 0 Å². The maximum Gasteiger partial charge on any atom is 0.407 e. The van der Waals surface area contributed by atoms with Crippen molar-refractivity contribution in [2.24, 2.45) is 28.5 Å². The van der Waals surface area contributed by atoms with E-state index in [1.165, 1.54) is 31.1 Å². The van der Waals surface area contributed by atoms with Gasteiger partial charge < -0.3 is 42.6 Å². The molecule has 3 aliphatic carbocycles. The molecule has 2 amide bonds. The number of amides is 2. The van der Waals surface area contributed by atoms with Crippen LogP contribution >= 0.6 is 0 Å². The van der Waals surface area contributed by atoms with Crippen molar-refractivity contribution in [3.8, 4) is 11.8 Å². The Morgan fingerprint density at radius 1 is 1.21 bits per heavy atom. The van der Waals surface area contributed by atoms with Crippen molar-refractivity contribution in [1.29, 1.82) is 5.26 Å². The highest BCUT2D eigenvalue weighted by Crippen LogP contribution is 2.58. The Labute approximate surface area is 241 Å². The van der Waals surface area contributed by atoms with E-state index in [9.17, 15) is 39.8 Å². The van der Waals surface area contributed by atoms with Gasteiger partial charge in [-0.3, -0.25) is 19.3 Å². The monoisotopic (exact) mass is 582 g/mol. The van der Waals surface area contributed by atoms with Crippen LogP contribution in [0, 0.1) is 22.7 Å². The van der Waals surface area contributed by atoms with Crippen LogP contribution in [0.4, 0.5) is 4.79 Å². The first kappa shape index (κ1) is 30.5. The molecule has 0 aliphatic heterocycles. The second-order valence-electron chi connectivity index (χ2n) is 11.7. The van der Waals surface area contributed by atoms with Crippen LogP contribution in [-0.2, 0) is 32.1 Å². The van der Waals surface area contributed by atoms with Crippen LogP contribution in [0.15, 0.2) is 29.0 Å². The van der Waals surface area contributed by atoms with Gasteiger partial charge in [0.15, 0.2) is 17.0 Å². The second-order valence-corrected chi connectivity index (χ2v) is 11.7. The molecule has 1 aromatic carbocycles. The van der Waals surface area contributed by atoms with E-state index in [0.29, 0.717) is 5.56 Å². The standard InChI is InChI=1S/C28H34N6O8/c1-12(2)9-42-25(41)33-8-13-5-6-15(35)16-14(13)7-26(31)10-28(32)21(34(3)4)20(37)17(24(30)40)22(38)27(28,11-29)23(39)18(26)19(16)36/h5-6,12,21,35-36,38H,7-10,31-32H2,1-4H3,(H2,30,40)(H,33,41)/t21-,26-,27+,28-/m1/s1. The molecule has 10 N–H and O–H groups in total. The lowest BCUT2D eigenvalue weighted by atomic mass is 9.47. The van der Waals surface area contributed by atoms with Crippen LogP contribution in [0.2, 0.25) is 0 Å². The summed E-state index contributed by atoms with van der Waals surface area (Å²) in [5.74, 6) is -5.90. The van der Waals surface area contributed by atoms with E-state index in [1.54, 1.807) is 6.07 Å². The van der Waals surface area contributed by atoms with E-state index in [2.05, 4.69) is 5.32 Å². The lowest BCUT2D eigenvalue weighted by Gasteiger charge is -2.58. The van der Waals surface area contributed by atoms with Crippen molar-refractivity contribution in [1.82, 2.24) is 10.2 Å². The summed E-state index contributed by atoms with van der Waals surface area (Å²) in [7, 11) is 2.88. The molecule has 0 aromatic heterocycles. The summed E-state index contributed by atoms with van der Waals surface area (Å²) in [6, 6.07) is 2.97. The number of nitriles is 1. The summed E-state index contributed by atoms with van der Waals surface area (Å²) in [5.41, 5.74) is 11.3. The second kappa shape index (κ2) is 10.1. The summed E-state index contributed by atoms with van der Waals surface area (Å²) in [6.45, 7) is 3.84. The number of phenols is 1. The van der Waals surface area contributed by atoms with Gasteiger partial charge in [-0.15, -0.1) is 0 Å². The number of benzene rings is 1. The fourth-order valence-corrected chi connectivity index (χ4v) is 6.52. The number of nitrogens with one attached hydrogen (secondary N) is 1. The van der Waals surface area contributed by atoms with Crippen LogP contribution in [0.5, 0.6) is 5.75 Å². The number of hydrogen-bond donors (Lipinski definition) is 7. The van der Waals surface area contributed by atoms with Gasteiger partial charge in [0, 0.05) is 6.54 Å². The van der Waals surface area contributed by atoms with Crippen molar-refractivity contribution in [2.45, 2.75) is 50.4 Å². The Morgan fingerprint density at radius 2 is 1.86 bits per heavy atom. The maximum absolute atomic E-state index is 14.3. The summed E-state index contributed by atoms with van der Waals surface area (Å²) in [5, 5.41) is 46.5. The van der Waals surface area contributed by atoms with Gasteiger partial charge in [-0.05, 0) is 50.0 Å². The van der Waals surface area contributed by atoms with Gasteiger partial charge in [0.25, 0.3) is 5.91 Å². The molecule has 0 saturated heterocycles. The maximum atomic E-state index is 14.3. The van der Waals surface area contributed by atoms with Gasteiger partial charge in [-0.1, -0.05) is 19.9 Å². The lowest BCUT2D eigenvalue weighted by Crippen LogP contribution is -2.80. The SMILES string of the molecule is CC(C)COC(=O)NCc1ccc(O)c2c1C[C@@]1(N)C[C@@]3(N)[C@H](N(C)C)C(=O)C(C(N)=O)=C(O)[C@@]3(C#N)C(=O)C1=C2O. The van der Waals surface area contributed by atoms with E-state index < -0.39 is 80.9 Å². The Kier molecular flexibility index (Phi) is 7.35. The number of hydrogen-bond acceptors (Lipinski definition) is 12. The van der Waals surface area contributed by atoms with Gasteiger partial charge >= 0.3 is 6.09 Å². The number of aliphatic hydroxyl groups is 2. The molecule has 1 aromatic rings. The molecule has 224 valence electrons. The average molecular weight is 583 g/mol. The number of rotatable bonds is 6. The Morgan fingerprint density at radius 3 is 2.40 bits per heavy atom. The van der Waals surface area contributed by atoms with Gasteiger partial charge in [-0.25, -0.2) is 4.79 Å². The molecular weight excluding hydrogens is 548 g/mol. The number of nitrogens with zero attached hydrogens (tertiary/aromatic N) is 2. The summed E-state index contributed by atoms with van der Waals surface area (Å²) in [6.07, 6.45) is -1.41. The molecule has 0 bridgehead atoms.